The van der Waals surface area contributed by atoms with Crippen molar-refractivity contribution in [1.82, 2.24) is 0 Å². The Balaban J connectivity index is 2.52. The molecule has 0 fully saturated rings. The number of rotatable bonds is 0. The number of aromatic hydroxyl groups is 1. The van der Waals surface area contributed by atoms with Gasteiger partial charge in [0, 0.05) is 6.20 Å². The molecule has 1 aromatic rings. The lowest BCUT2D eigenvalue weighted by atomic mass is 10.1. The van der Waals surface area contributed by atoms with Gasteiger partial charge in [-0.3, -0.25) is 4.90 Å². The zero-order valence-electron chi connectivity index (χ0n) is 6.94. The topological polar surface area (TPSA) is 47.3 Å². The molecule has 64 valence electrons. The Hall–Kier alpha value is -1.95. The Bertz CT molecular complexity index is 404. The molecule has 0 radical (unpaired) electrons. The van der Waals surface area contributed by atoms with Gasteiger partial charge in [-0.2, -0.15) is 5.26 Å². The molecule has 0 atom stereocenters. The van der Waals surface area contributed by atoms with E-state index in [0.29, 0.717) is 0 Å². The summed E-state index contributed by atoms with van der Waals surface area (Å²) in [7, 11) is 0. The summed E-state index contributed by atoms with van der Waals surface area (Å²) in [5.74, 6) is 0.243. The summed E-state index contributed by atoms with van der Waals surface area (Å²) in [4.78, 5) is 1.48. The average molecular weight is 172 g/mol. The molecule has 1 aromatic carbocycles. The van der Waals surface area contributed by atoms with Crippen LogP contribution in [0.5, 0.6) is 5.75 Å². The molecule has 0 spiro atoms. The minimum Gasteiger partial charge on any atom is -0.508 e. The largest absolute Gasteiger partial charge is 0.508 e. The molecular formula is C10H8N2O. The van der Waals surface area contributed by atoms with Gasteiger partial charge in [-0.05, 0) is 30.2 Å². The number of phenolic OH excluding ortho intramolecular Hbond substituents is 1. The highest BCUT2D eigenvalue weighted by Gasteiger charge is 2.11. The quantitative estimate of drug-likeness (QED) is 0.606. The zero-order valence-corrected chi connectivity index (χ0v) is 6.94. The smallest absolute Gasteiger partial charge is 0.188 e. The lowest BCUT2D eigenvalue weighted by Crippen LogP contribution is -2.12. The molecule has 1 N–H and O–H groups in total. The van der Waals surface area contributed by atoms with E-state index in [1.165, 1.54) is 4.90 Å². The minimum atomic E-state index is 0.243. The van der Waals surface area contributed by atoms with Crippen molar-refractivity contribution in [3.8, 4) is 11.9 Å². The summed E-state index contributed by atoms with van der Waals surface area (Å²) in [5, 5.41) is 18.0. The summed E-state index contributed by atoms with van der Waals surface area (Å²) in [6.45, 7) is 0. The van der Waals surface area contributed by atoms with Gasteiger partial charge in [-0.1, -0.05) is 6.08 Å². The molecule has 0 unspecified atom stereocenters. The lowest BCUT2D eigenvalue weighted by Gasteiger charge is -2.18. The van der Waals surface area contributed by atoms with E-state index in [0.717, 1.165) is 17.7 Å². The fourth-order valence-corrected chi connectivity index (χ4v) is 1.42. The third kappa shape index (κ3) is 1.23. The maximum atomic E-state index is 9.22. The van der Waals surface area contributed by atoms with Crippen LogP contribution >= 0.6 is 0 Å². The first-order valence-corrected chi connectivity index (χ1v) is 3.99. The van der Waals surface area contributed by atoms with Crippen LogP contribution in [-0.2, 0) is 6.42 Å². The highest BCUT2D eigenvalue weighted by Crippen LogP contribution is 2.28. The fraction of sp³-hybridized carbons (Fsp3) is 0.100. The molecule has 13 heavy (non-hydrogen) atoms. The summed E-state index contributed by atoms with van der Waals surface area (Å²) in [5.41, 5.74) is 1.83. The van der Waals surface area contributed by atoms with E-state index >= 15 is 0 Å². The van der Waals surface area contributed by atoms with Gasteiger partial charge in [0.2, 0.25) is 0 Å². The van der Waals surface area contributed by atoms with Gasteiger partial charge in [0.15, 0.2) is 6.19 Å². The van der Waals surface area contributed by atoms with Gasteiger partial charge >= 0.3 is 0 Å². The Morgan fingerprint density at radius 1 is 1.46 bits per heavy atom. The maximum Gasteiger partial charge on any atom is 0.188 e. The number of allylic oxidation sites excluding steroid dienone is 1. The van der Waals surface area contributed by atoms with E-state index in [-0.39, 0.29) is 5.75 Å². The third-order valence-corrected chi connectivity index (χ3v) is 2.02. The van der Waals surface area contributed by atoms with Crippen molar-refractivity contribution in [3.63, 3.8) is 0 Å². The summed E-state index contributed by atoms with van der Waals surface area (Å²) >= 11 is 0. The first kappa shape index (κ1) is 7.69. The first-order chi connectivity index (χ1) is 6.31. The van der Waals surface area contributed by atoms with Crippen molar-refractivity contribution >= 4 is 5.69 Å². The number of phenols is 1. The SMILES string of the molecule is N#CN1C=CCc2cc(O)ccc21. The Labute approximate surface area is 76.1 Å². The number of nitrogens with zero attached hydrogens (tertiary/aromatic N) is 2. The highest BCUT2D eigenvalue weighted by atomic mass is 16.3. The van der Waals surface area contributed by atoms with E-state index in [2.05, 4.69) is 0 Å². The second kappa shape index (κ2) is 2.83. The van der Waals surface area contributed by atoms with Crippen LogP contribution in [0.25, 0.3) is 0 Å². The predicted octanol–water partition coefficient (Wildman–Crippen LogP) is 1.75. The Morgan fingerprint density at radius 2 is 2.31 bits per heavy atom. The molecule has 0 aliphatic carbocycles. The number of anilines is 1. The molecule has 0 bridgehead atoms. The summed E-state index contributed by atoms with van der Waals surface area (Å²) in [6.07, 6.45) is 6.44. The van der Waals surface area contributed by atoms with Crippen LogP contribution in [0.2, 0.25) is 0 Å². The highest BCUT2D eigenvalue weighted by molar-refractivity contribution is 5.63. The van der Waals surface area contributed by atoms with Crippen LogP contribution in [0.1, 0.15) is 5.56 Å². The third-order valence-electron chi connectivity index (χ3n) is 2.02. The molecule has 0 aromatic heterocycles. The second-order valence-corrected chi connectivity index (χ2v) is 2.87. The minimum absolute atomic E-state index is 0.243. The van der Waals surface area contributed by atoms with Crippen molar-refractivity contribution in [3.05, 3.63) is 36.0 Å². The lowest BCUT2D eigenvalue weighted by molar-refractivity contribution is 0.474. The number of hydrogen-bond acceptors (Lipinski definition) is 3. The van der Waals surface area contributed by atoms with Crippen molar-refractivity contribution in [1.29, 1.82) is 5.26 Å². The monoisotopic (exact) mass is 172 g/mol. The van der Waals surface area contributed by atoms with Crippen molar-refractivity contribution < 1.29 is 5.11 Å². The standard InChI is InChI=1S/C10H8N2O/c11-7-12-5-1-2-8-6-9(13)3-4-10(8)12/h1,3-6,13H,2H2. The maximum absolute atomic E-state index is 9.22. The number of nitriles is 1. The molecule has 0 amide bonds. The number of benzene rings is 1. The normalized spacial score (nSPS) is 13.6. The van der Waals surface area contributed by atoms with Gasteiger partial charge in [0.05, 0.1) is 5.69 Å². The number of hydrogen-bond donors (Lipinski definition) is 1. The summed E-state index contributed by atoms with van der Waals surface area (Å²) in [6, 6.07) is 5.02. The molecular weight excluding hydrogens is 164 g/mol. The van der Waals surface area contributed by atoms with Crippen LogP contribution in [-0.4, -0.2) is 5.11 Å². The van der Waals surface area contributed by atoms with Crippen LogP contribution in [0, 0.1) is 11.5 Å². The zero-order chi connectivity index (χ0) is 9.26. The van der Waals surface area contributed by atoms with Crippen molar-refractivity contribution in [2.24, 2.45) is 0 Å². The Morgan fingerprint density at radius 3 is 3.08 bits per heavy atom. The second-order valence-electron chi connectivity index (χ2n) is 2.87. The van der Waals surface area contributed by atoms with Gasteiger partial charge in [-0.15, -0.1) is 0 Å². The van der Waals surface area contributed by atoms with Crippen LogP contribution in [0.3, 0.4) is 0 Å². The van der Waals surface area contributed by atoms with Crippen molar-refractivity contribution in [2.45, 2.75) is 6.42 Å². The summed E-state index contributed by atoms with van der Waals surface area (Å²) < 4.78 is 0. The van der Waals surface area contributed by atoms with E-state index in [9.17, 15) is 5.11 Å². The number of fused-ring (bicyclic) bond motifs is 1. The van der Waals surface area contributed by atoms with E-state index in [1.54, 1.807) is 24.4 Å². The molecule has 2 rings (SSSR count). The predicted molar refractivity (Wildman–Crippen MR) is 49.0 cm³/mol. The molecule has 3 nitrogen and oxygen atoms in total. The fourth-order valence-electron chi connectivity index (χ4n) is 1.42. The molecule has 3 heteroatoms. The van der Waals surface area contributed by atoms with Crippen LogP contribution < -0.4 is 4.90 Å². The van der Waals surface area contributed by atoms with Crippen molar-refractivity contribution in [2.75, 3.05) is 4.90 Å². The van der Waals surface area contributed by atoms with E-state index in [1.807, 2.05) is 12.3 Å². The van der Waals surface area contributed by atoms with E-state index < -0.39 is 0 Å². The van der Waals surface area contributed by atoms with Gasteiger partial charge in [-0.25, -0.2) is 0 Å². The van der Waals surface area contributed by atoms with Gasteiger partial charge < -0.3 is 5.11 Å². The first-order valence-electron chi connectivity index (χ1n) is 3.99. The molecule has 1 heterocycles. The van der Waals surface area contributed by atoms with Crippen LogP contribution in [0.4, 0.5) is 5.69 Å². The molecule has 1 aliphatic rings. The van der Waals surface area contributed by atoms with Gasteiger partial charge in [0.1, 0.15) is 5.75 Å². The molecule has 0 saturated carbocycles. The van der Waals surface area contributed by atoms with Crippen LogP contribution in [0.15, 0.2) is 30.5 Å². The Kier molecular flexibility index (Phi) is 1.67. The van der Waals surface area contributed by atoms with Gasteiger partial charge in [0.25, 0.3) is 0 Å². The molecule has 0 saturated heterocycles. The average Bonchev–Trinajstić information content (AvgIpc) is 2.16. The molecule has 1 aliphatic heterocycles. The van der Waals surface area contributed by atoms with E-state index in [4.69, 9.17) is 5.26 Å².